The highest BCUT2D eigenvalue weighted by molar-refractivity contribution is 6.30. The minimum atomic E-state index is -4.59. The molecule has 0 aromatic heterocycles. The maximum absolute atomic E-state index is 13.9. The van der Waals surface area contributed by atoms with E-state index in [9.17, 15) is 27.6 Å². The van der Waals surface area contributed by atoms with E-state index >= 15 is 0 Å². The van der Waals surface area contributed by atoms with Gasteiger partial charge in [0.05, 0.1) is 37.6 Å². The van der Waals surface area contributed by atoms with Gasteiger partial charge in [0, 0.05) is 12.2 Å². The molecule has 2 aromatic rings. The van der Waals surface area contributed by atoms with Gasteiger partial charge in [-0.2, -0.15) is 13.2 Å². The number of benzene rings is 2. The van der Waals surface area contributed by atoms with Gasteiger partial charge in [0.25, 0.3) is 5.91 Å². The summed E-state index contributed by atoms with van der Waals surface area (Å²) in [5.74, 6) is -1.16. The molecule has 0 radical (unpaired) electrons. The molecule has 34 heavy (non-hydrogen) atoms. The molecule has 178 valence electrons. The van der Waals surface area contributed by atoms with E-state index in [1.165, 1.54) is 25.3 Å². The number of methoxy groups -OCH3 is 1. The number of halogens is 3. The Morgan fingerprint density at radius 1 is 1.12 bits per heavy atom. The third-order valence-electron chi connectivity index (χ3n) is 6.63. The lowest BCUT2D eigenvalue weighted by Gasteiger charge is -2.53. The van der Waals surface area contributed by atoms with Crippen molar-refractivity contribution in [2.24, 2.45) is 5.41 Å². The molecule has 2 fully saturated rings. The summed E-state index contributed by atoms with van der Waals surface area (Å²) in [4.78, 5) is 42.6. The maximum Gasteiger partial charge on any atom is 0.416 e. The molecule has 3 aliphatic rings. The number of hydrogen-bond acceptors (Lipinski definition) is 6. The van der Waals surface area contributed by atoms with Gasteiger partial charge < -0.3 is 14.4 Å². The highest BCUT2D eigenvalue weighted by Crippen LogP contribution is 2.47. The first-order valence-electron chi connectivity index (χ1n) is 10.6. The number of rotatable bonds is 2. The summed E-state index contributed by atoms with van der Waals surface area (Å²) >= 11 is 0. The molecule has 1 spiro atoms. The lowest BCUT2D eigenvalue weighted by Crippen LogP contribution is -2.74. The average Bonchev–Trinajstić information content (AvgIpc) is 2.82. The van der Waals surface area contributed by atoms with Crippen molar-refractivity contribution in [3.63, 3.8) is 0 Å². The molecule has 0 unspecified atom stereocenters. The Bertz CT molecular complexity index is 1180. The summed E-state index contributed by atoms with van der Waals surface area (Å²) in [5.41, 5.74) is -1.81. The van der Waals surface area contributed by atoms with E-state index < -0.39 is 41.0 Å². The normalized spacial score (nSPS) is 24.6. The monoisotopic (exact) mass is 475 g/mol. The summed E-state index contributed by atoms with van der Waals surface area (Å²) < 4.78 is 51.0. The van der Waals surface area contributed by atoms with Crippen molar-refractivity contribution in [2.75, 3.05) is 36.7 Å². The Balaban J connectivity index is 1.64. The Morgan fingerprint density at radius 2 is 1.85 bits per heavy atom. The first-order valence-corrected chi connectivity index (χ1v) is 10.6. The van der Waals surface area contributed by atoms with Crippen LogP contribution in [0.1, 0.15) is 11.1 Å². The van der Waals surface area contributed by atoms with E-state index in [0.717, 1.165) is 17.0 Å². The van der Waals surface area contributed by atoms with Crippen LogP contribution in [0.25, 0.3) is 0 Å². The van der Waals surface area contributed by atoms with Crippen LogP contribution in [-0.4, -0.2) is 50.8 Å². The summed E-state index contributed by atoms with van der Waals surface area (Å²) in [6.45, 7) is 0.566. The molecule has 1 N–H and O–H groups in total. The zero-order chi connectivity index (χ0) is 24.3. The van der Waals surface area contributed by atoms with Crippen LogP contribution in [0, 0.1) is 5.41 Å². The Hall–Kier alpha value is -3.60. The Labute approximate surface area is 192 Å². The van der Waals surface area contributed by atoms with E-state index in [2.05, 4.69) is 5.32 Å². The minimum Gasteiger partial charge on any atom is -0.497 e. The minimum absolute atomic E-state index is 0.00423. The first-order chi connectivity index (χ1) is 16.2. The smallest absolute Gasteiger partial charge is 0.416 e. The summed E-state index contributed by atoms with van der Waals surface area (Å²) in [5, 5.41) is 2.25. The summed E-state index contributed by atoms with van der Waals surface area (Å²) in [6.07, 6.45) is -4.89. The zero-order valence-corrected chi connectivity index (χ0v) is 18.0. The van der Waals surface area contributed by atoms with Gasteiger partial charge in [0.2, 0.25) is 5.91 Å². The molecule has 0 saturated carbocycles. The first kappa shape index (κ1) is 22.2. The van der Waals surface area contributed by atoms with Crippen molar-refractivity contribution in [1.29, 1.82) is 0 Å². The largest absolute Gasteiger partial charge is 0.497 e. The highest BCUT2D eigenvalue weighted by atomic mass is 19.4. The zero-order valence-electron chi connectivity index (χ0n) is 18.0. The number of hydrogen-bond donors (Lipinski definition) is 1. The second-order valence-electron chi connectivity index (χ2n) is 8.37. The number of morpholine rings is 1. The number of carbonyl (C=O) groups excluding carboxylic acids is 3. The summed E-state index contributed by atoms with van der Waals surface area (Å²) in [7, 11) is 1.47. The molecular formula is C23H20F3N3O5. The molecule has 5 rings (SSSR count). The van der Waals surface area contributed by atoms with Gasteiger partial charge in [-0.3, -0.25) is 14.9 Å². The molecule has 2 atom stereocenters. The molecule has 4 amide bonds. The third kappa shape index (κ3) is 3.22. The van der Waals surface area contributed by atoms with Crippen molar-refractivity contribution in [3.05, 3.63) is 53.6 Å². The van der Waals surface area contributed by atoms with Gasteiger partial charge in [-0.1, -0.05) is 0 Å². The molecule has 8 nitrogen and oxygen atoms in total. The van der Waals surface area contributed by atoms with Gasteiger partial charge in [0.1, 0.15) is 5.75 Å². The second-order valence-corrected chi connectivity index (χ2v) is 8.37. The molecule has 3 heterocycles. The quantitative estimate of drug-likeness (QED) is 0.673. The van der Waals surface area contributed by atoms with Gasteiger partial charge in [-0.05, 0) is 54.4 Å². The average molecular weight is 475 g/mol. The Kier molecular flexibility index (Phi) is 5.05. The predicted molar refractivity (Wildman–Crippen MR) is 114 cm³/mol. The number of urea groups is 1. The van der Waals surface area contributed by atoms with Gasteiger partial charge in [-0.25, -0.2) is 9.69 Å². The molecule has 11 heteroatoms. The van der Waals surface area contributed by atoms with Crippen molar-refractivity contribution in [3.8, 4) is 5.75 Å². The number of carbonyl (C=O) groups is 3. The molecular weight excluding hydrogens is 455 g/mol. The highest BCUT2D eigenvalue weighted by Gasteiger charge is 2.63. The fraction of sp³-hybridized carbons (Fsp3) is 0.348. The van der Waals surface area contributed by atoms with Crippen molar-refractivity contribution >= 4 is 29.2 Å². The number of imide groups is 2. The predicted octanol–water partition coefficient (Wildman–Crippen LogP) is 2.74. The third-order valence-corrected chi connectivity index (χ3v) is 6.63. The van der Waals surface area contributed by atoms with Crippen molar-refractivity contribution < 1.29 is 37.0 Å². The summed E-state index contributed by atoms with van der Waals surface area (Å²) in [6, 6.07) is 7.69. The maximum atomic E-state index is 13.9. The lowest BCUT2D eigenvalue weighted by molar-refractivity contribution is -0.146. The van der Waals surface area contributed by atoms with E-state index in [1.54, 1.807) is 17.0 Å². The van der Waals surface area contributed by atoms with Gasteiger partial charge in [-0.15, -0.1) is 0 Å². The number of fused-ring (bicyclic) bond motifs is 4. The van der Waals surface area contributed by atoms with Crippen LogP contribution in [0.2, 0.25) is 0 Å². The van der Waals surface area contributed by atoms with Crippen LogP contribution in [0.4, 0.5) is 29.3 Å². The van der Waals surface area contributed by atoms with Crippen LogP contribution in [0.5, 0.6) is 5.75 Å². The fourth-order valence-electron chi connectivity index (χ4n) is 4.97. The van der Waals surface area contributed by atoms with Crippen LogP contribution < -0.4 is 19.9 Å². The number of nitrogens with one attached hydrogen (secondary N) is 1. The fourth-order valence-corrected chi connectivity index (χ4v) is 4.97. The van der Waals surface area contributed by atoms with Crippen LogP contribution in [-0.2, 0) is 26.9 Å². The molecule has 0 bridgehead atoms. The van der Waals surface area contributed by atoms with E-state index in [1.807, 2.05) is 0 Å². The van der Waals surface area contributed by atoms with Crippen LogP contribution in [0.15, 0.2) is 42.5 Å². The van der Waals surface area contributed by atoms with E-state index in [-0.39, 0.29) is 37.4 Å². The van der Waals surface area contributed by atoms with Gasteiger partial charge >= 0.3 is 12.2 Å². The topological polar surface area (TPSA) is 88.2 Å². The van der Waals surface area contributed by atoms with Crippen LogP contribution >= 0.6 is 0 Å². The van der Waals surface area contributed by atoms with E-state index in [0.29, 0.717) is 11.4 Å². The van der Waals surface area contributed by atoms with Crippen LogP contribution in [0.3, 0.4) is 0 Å². The number of anilines is 2. The SMILES string of the molecule is COc1ccc(N2C(=O)NC(=O)[C@]3(Cc4cc(C(F)(F)F)ccc4N4CCOC[C@H]43)C2=O)cc1. The number of nitrogens with zero attached hydrogens (tertiary/aromatic N) is 2. The second kappa shape index (κ2) is 7.73. The molecule has 2 saturated heterocycles. The van der Waals surface area contributed by atoms with Gasteiger partial charge in [0.15, 0.2) is 5.41 Å². The van der Waals surface area contributed by atoms with E-state index in [4.69, 9.17) is 9.47 Å². The molecule has 0 aliphatic carbocycles. The number of barbiturate groups is 1. The lowest BCUT2D eigenvalue weighted by atomic mass is 9.68. The number of alkyl halides is 3. The number of amides is 4. The molecule has 2 aromatic carbocycles. The molecule has 3 aliphatic heterocycles. The number of ether oxygens (including phenoxy) is 2. The standard InChI is InChI=1S/C23H20F3N3O5/c1-33-16-5-3-15(4-6-16)29-20(31)22(19(30)27-21(29)32)11-13-10-14(23(24,25)26)2-7-17(13)28-8-9-34-12-18(22)28/h2-7,10,18H,8-9,11-12H2,1H3,(H,27,30,32)/t18-,22+/m0/s1. The Morgan fingerprint density at radius 3 is 2.53 bits per heavy atom. The van der Waals surface area contributed by atoms with Crippen molar-refractivity contribution in [2.45, 2.75) is 18.6 Å². The van der Waals surface area contributed by atoms with Crippen molar-refractivity contribution in [1.82, 2.24) is 5.32 Å².